The van der Waals surface area contributed by atoms with Crippen molar-refractivity contribution in [3.05, 3.63) is 180 Å². The summed E-state index contributed by atoms with van der Waals surface area (Å²) in [5.41, 5.74) is 19.8. The zero-order chi connectivity index (χ0) is 53.7. The Balaban J connectivity index is 0.919. The Morgan fingerprint density at radius 3 is 0.987 bits per heavy atom. The Kier molecular flexibility index (Phi) is 10.1. The van der Waals surface area contributed by atoms with Gasteiger partial charge in [0.1, 0.15) is 23.0 Å². The number of aromatic nitrogens is 2. The zero-order valence-electron chi connectivity index (χ0n) is 46.7. The molecule has 0 atom stereocenters. The first-order chi connectivity index (χ1) is 37.2. The molecule has 0 saturated carbocycles. The predicted octanol–water partition coefficient (Wildman–Crippen LogP) is 15.2. The van der Waals surface area contributed by atoms with Crippen LogP contribution in [0.1, 0.15) is 105 Å². The second-order valence-corrected chi connectivity index (χ2v) is 28.8. The van der Waals surface area contributed by atoms with E-state index in [4.69, 9.17) is 9.47 Å². The van der Waals surface area contributed by atoms with Gasteiger partial charge >= 0.3 is 0 Å². The van der Waals surface area contributed by atoms with Crippen molar-refractivity contribution in [1.82, 2.24) is 9.13 Å². The molecule has 382 valence electrons. The van der Waals surface area contributed by atoms with Gasteiger partial charge < -0.3 is 18.6 Å². The molecule has 0 spiro atoms. The second-order valence-electron chi connectivity index (χ2n) is 26.6. The van der Waals surface area contributed by atoms with Crippen LogP contribution in [0.5, 0.6) is 23.0 Å². The van der Waals surface area contributed by atoms with Crippen molar-refractivity contribution in [3.8, 4) is 34.4 Å². The monoisotopic (exact) mass is 1050 g/mol. The van der Waals surface area contributed by atoms with Gasteiger partial charge in [0.2, 0.25) is 0 Å². The number of rotatable bonds is 2. The fraction of sp³-hybridized carbons (Fsp3) is 0.229. The topological polar surface area (TPSA) is 28.3 Å². The number of fused-ring (bicyclic) bond motifs is 14. The molecule has 11 aromatic rings. The van der Waals surface area contributed by atoms with Crippen molar-refractivity contribution in [2.45, 2.75) is 124 Å². The minimum Gasteiger partial charge on any atom is -0.458 e. The van der Waals surface area contributed by atoms with E-state index in [2.05, 4.69) is 250 Å². The summed E-state index contributed by atoms with van der Waals surface area (Å²) in [6.45, 7) is 27.6. The van der Waals surface area contributed by atoms with Crippen molar-refractivity contribution in [3.63, 3.8) is 0 Å². The average Bonchev–Trinajstić information content (AvgIpc) is 3.82. The summed E-state index contributed by atoms with van der Waals surface area (Å²) in [7, 11) is 0. The van der Waals surface area contributed by atoms with Crippen LogP contribution in [0.15, 0.2) is 177 Å². The second kappa shape index (κ2) is 16.3. The van der Waals surface area contributed by atoms with Crippen LogP contribution in [0, 0.1) is 0 Å². The Morgan fingerprint density at radius 1 is 0.321 bits per heavy atom. The number of benzene rings is 9. The van der Waals surface area contributed by atoms with E-state index in [0.29, 0.717) is 0 Å². The maximum absolute atomic E-state index is 7.39. The smallest absolute Gasteiger partial charge is 0.253 e. The van der Waals surface area contributed by atoms with Crippen molar-refractivity contribution < 1.29 is 9.47 Å². The maximum Gasteiger partial charge on any atom is 0.253 e. The van der Waals surface area contributed by atoms with Crippen LogP contribution in [-0.2, 0) is 21.7 Å². The molecule has 0 bridgehead atoms. The number of hydrogen-bond acceptors (Lipinski definition) is 4. The minimum atomic E-state index is -0.0262. The fourth-order valence-electron chi connectivity index (χ4n) is 13.1. The Morgan fingerprint density at radius 2 is 0.654 bits per heavy atom. The molecule has 4 aliphatic heterocycles. The molecule has 15 rings (SSSR count). The lowest BCUT2D eigenvalue weighted by Gasteiger charge is -2.37. The molecule has 78 heavy (non-hydrogen) atoms. The van der Waals surface area contributed by atoms with Crippen molar-refractivity contribution in [2.24, 2.45) is 0 Å². The molecule has 0 radical (unpaired) electrons. The first-order valence-corrected chi connectivity index (χ1v) is 29.4. The van der Waals surface area contributed by atoms with Gasteiger partial charge in [0.05, 0.1) is 33.4 Å². The van der Waals surface area contributed by atoms with E-state index in [1.807, 2.05) is 23.5 Å². The standard InChI is InChI=1S/C70H62B2N2O2S2/c1-67(2,3)39-21-25-53-45(29-39)46-30-40(68(4,5)6)22-26-54(46)73(53)43-33-59-65-63(35-43)77-61-19-15-13-17-49(61)71(65)51-37-52-58(38-57(51)75-59)76-60-34-44(36-64-66(60)72(52)50-18-14-16-20-62(50)78-64)74-55-27-23-41(69(7,8)9)31-47(55)48-32-42(70(10,11)12)24-28-56(48)74/h13-38H,1-12H3. The van der Waals surface area contributed by atoms with Gasteiger partial charge in [-0.05, 0) is 139 Å². The van der Waals surface area contributed by atoms with Gasteiger partial charge in [0.15, 0.2) is 0 Å². The van der Waals surface area contributed by atoms with Crippen LogP contribution in [0.25, 0.3) is 55.0 Å². The first kappa shape index (κ1) is 48.2. The molecule has 0 aliphatic carbocycles. The Hall–Kier alpha value is -6.99. The molecule has 0 fully saturated rings. The minimum absolute atomic E-state index is 0.00921. The molecular weight excluding hydrogens is 987 g/mol. The van der Waals surface area contributed by atoms with Gasteiger partial charge in [-0.25, -0.2) is 0 Å². The molecule has 6 heterocycles. The van der Waals surface area contributed by atoms with E-state index in [0.717, 1.165) is 34.4 Å². The molecule has 0 unspecified atom stereocenters. The Bertz CT molecular complexity index is 4040. The van der Waals surface area contributed by atoms with Crippen LogP contribution in [0.4, 0.5) is 0 Å². The summed E-state index contributed by atoms with van der Waals surface area (Å²) in [4.78, 5) is 5.01. The van der Waals surface area contributed by atoms with Crippen LogP contribution in [-0.4, -0.2) is 22.6 Å². The lowest BCUT2D eigenvalue weighted by molar-refractivity contribution is 0.464. The summed E-state index contributed by atoms with van der Waals surface area (Å²) in [6.07, 6.45) is 0. The lowest BCUT2D eigenvalue weighted by atomic mass is 9.32. The van der Waals surface area contributed by atoms with Gasteiger partial charge in [-0.15, -0.1) is 0 Å². The van der Waals surface area contributed by atoms with E-state index in [1.165, 1.54) is 118 Å². The van der Waals surface area contributed by atoms with Gasteiger partial charge in [-0.3, -0.25) is 0 Å². The molecular formula is C70H62B2N2O2S2. The van der Waals surface area contributed by atoms with Gasteiger partial charge in [0.25, 0.3) is 13.4 Å². The van der Waals surface area contributed by atoms with Gasteiger partial charge in [-0.1, -0.05) is 184 Å². The maximum atomic E-state index is 7.39. The SMILES string of the molecule is CC(C)(C)c1ccc2c(c1)c1cc(C(C)(C)C)ccc1n2-c1cc2c3c(c1)Sc1ccccc1B3c1cc3c(cc1O2)Oc1cc(-n2c4ccc(C(C)(C)C)cc4c4cc(C(C)(C)C)ccc42)cc2c1B3c1ccccc1S2. The molecule has 0 amide bonds. The Labute approximate surface area is 467 Å². The third-order valence-corrected chi connectivity index (χ3v) is 19.7. The third kappa shape index (κ3) is 7.17. The third-order valence-electron chi connectivity index (χ3n) is 17.4. The summed E-state index contributed by atoms with van der Waals surface area (Å²) in [5, 5.41) is 5.10. The van der Waals surface area contributed by atoms with Crippen molar-refractivity contribution in [2.75, 3.05) is 0 Å². The highest BCUT2D eigenvalue weighted by molar-refractivity contribution is 8.00. The van der Waals surface area contributed by atoms with Crippen LogP contribution in [0.2, 0.25) is 0 Å². The molecule has 0 N–H and O–H groups in total. The molecule has 0 saturated heterocycles. The number of nitrogens with zero attached hydrogens (tertiary/aromatic N) is 2. The average molecular weight is 1050 g/mol. The summed E-state index contributed by atoms with van der Waals surface area (Å²) in [6, 6.07) is 60.5. The van der Waals surface area contributed by atoms with Gasteiger partial charge in [-0.2, -0.15) is 0 Å². The van der Waals surface area contributed by atoms with Crippen molar-refractivity contribution >= 4 is 113 Å². The fourth-order valence-corrected chi connectivity index (χ4v) is 15.5. The molecule has 2 aromatic heterocycles. The molecule has 4 aliphatic rings. The highest BCUT2D eigenvalue weighted by atomic mass is 32.2. The summed E-state index contributed by atoms with van der Waals surface area (Å²) >= 11 is 3.73. The summed E-state index contributed by atoms with van der Waals surface area (Å²) in [5.74, 6) is 3.47. The van der Waals surface area contributed by atoms with Crippen LogP contribution < -0.4 is 42.3 Å². The number of ether oxygens (including phenoxy) is 2. The zero-order valence-corrected chi connectivity index (χ0v) is 48.3. The van der Waals surface area contributed by atoms with E-state index < -0.39 is 0 Å². The predicted molar refractivity (Wildman–Crippen MR) is 333 cm³/mol. The molecule has 4 nitrogen and oxygen atoms in total. The molecule has 8 heteroatoms. The van der Waals surface area contributed by atoms with Crippen LogP contribution in [0.3, 0.4) is 0 Å². The highest BCUT2D eigenvalue weighted by Gasteiger charge is 2.45. The van der Waals surface area contributed by atoms with Crippen LogP contribution >= 0.6 is 23.5 Å². The highest BCUT2D eigenvalue weighted by Crippen LogP contribution is 2.46. The van der Waals surface area contributed by atoms with E-state index in [1.54, 1.807) is 0 Å². The summed E-state index contributed by atoms with van der Waals surface area (Å²) < 4.78 is 19.7. The van der Waals surface area contributed by atoms with Gasteiger partial charge in [0, 0.05) is 59.3 Å². The molecule has 9 aromatic carbocycles. The lowest BCUT2D eigenvalue weighted by Crippen LogP contribution is -2.61. The number of hydrogen-bond donors (Lipinski definition) is 0. The quantitative estimate of drug-likeness (QED) is 0.161. The largest absolute Gasteiger partial charge is 0.458 e. The first-order valence-electron chi connectivity index (χ1n) is 27.8. The van der Waals surface area contributed by atoms with E-state index in [9.17, 15) is 0 Å². The van der Waals surface area contributed by atoms with E-state index >= 15 is 0 Å². The van der Waals surface area contributed by atoms with E-state index in [-0.39, 0.29) is 35.1 Å². The normalized spacial score (nSPS) is 14.5. The van der Waals surface area contributed by atoms with Crippen molar-refractivity contribution in [1.29, 1.82) is 0 Å².